The lowest BCUT2D eigenvalue weighted by molar-refractivity contribution is 0.00847. The van der Waals surface area contributed by atoms with Crippen LogP contribution in [0, 0.1) is 23.7 Å². The highest BCUT2D eigenvalue weighted by Crippen LogP contribution is 2.30. The van der Waals surface area contributed by atoms with Crippen molar-refractivity contribution in [3.63, 3.8) is 0 Å². The second-order valence-corrected chi connectivity index (χ2v) is 8.21. The van der Waals surface area contributed by atoms with E-state index in [0.717, 1.165) is 35.8 Å². The molecule has 2 heteroatoms. The van der Waals surface area contributed by atoms with E-state index < -0.39 is 0 Å². The Bertz CT molecular complexity index is 290. The van der Waals surface area contributed by atoms with Crippen LogP contribution in [0.4, 0.5) is 0 Å². The summed E-state index contributed by atoms with van der Waals surface area (Å²) >= 11 is 0. The lowest BCUT2D eigenvalue weighted by Gasteiger charge is -2.47. The zero-order chi connectivity index (χ0) is 14.9. The van der Waals surface area contributed by atoms with Crippen molar-refractivity contribution in [3.05, 3.63) is 0 Å². The van der Waals surface area contributed by atoms with Crippen LogP contribution in [-0.4, -0.2) is 48.1 Å². The third-order valence-corrected chi connectivity index (χ3v) is 5.76. The van der Waals surface area contributed by atoms with Gasteiger partial charge in [0.15, 0.2) is 0 Å². The van der Waals surface area contributed by atoms with Crippen LogP contribution < -0.4 is 0 Å². The number of rotatable bonds is 5. The van der Waals surface area contributed by atoms with Gasteiger partial charge in [-0.15, -0.1) is 0 Å². The van der Waals surface area contributed by atoms with Crippen LogP contribution >= 0.6 is 0 Å². The zero-order valence-electron chi connectivity index (χ0n) is 14.6. The van der Waals surface area contributed by atoms with Crippen molar-refractivity contribution < 1.29 is 0 Å². The molecule has 0 N–H and O–H groups in total. The van der Waals surface area contributed by atoms with Crippen LogP contribution in [0.2, 0.25) is 0 Å². The molecule has 2 aliphatic heterocycles. The summed E-state index contributed by atoms with van der Waals surface area (Å²) in [5.74, 6) is 3.20. The van der Waals surface area contributed by atoms with Crippen molar-refractivity contribution in [2.45, 2.75) is 66.5 Å². The first-order valence-corrected chi connectivity index (χ1v) is 8.88. The van der Waals surface area contributed by atoms with Crippen LogP contribution in [0.3, 0.4) is 0 Å². The molecule has 2 nitrogen and oxygen atoms in total. The fraction of sp³-hybridized carbons (Fsp3) is 1.00. The first-order chi connectivity index (χ1) is 9.40. The quantitative estimate of drug-likeness (QED) is 0.757. The fourth-order valence-electron chi connectivity index (χ4n) is 4.41. The SMILES string of the molecule is CC(C)C(CN1CC2CCCN2CC1C(C)C)C(C)C. The Hall–Kier alpha value is -0.0800. The standard InChI is InChI=1S/C18H36N2/c1-13(2)17(14(3)4)11-20-10-16-8-7-9-19(16)12-18(20)15(5)6/h13-18H,7-12H2,1-6H3. The van der Waals surface area contributed by atoms with E-state index in [0.29, 0.717) is 0 Å². The van der Waals surface area contributed by atoms with Gasteiger partial charge in [0.1, 0.15) is 0 Å². The maximum atomic E-state index is 2.85. The first kappa shape index (κ1) is 16.3. The molecule has 2 unspecified atom stereocenters. The lowest BCUT2D eigenvalue weighted by Crippen LogP contribution is -2.59. The van der Waals surface area contributed by atoms with Crippen molar-refractivity contribution in [1.29, 1.82) is 0 Å². The summed E-state index contributed by atoms with van der Waals surface area (Å²) in [4.78, 5) is 5.61. The van der Waals surface area contributed by atoms with Crippen LogP contribution in [0.15, 0.2) is 0 Å². The third-order valence-electron chi connectivity index (χ3n) is 5.76. The minimum Gasteiger partial charge on any atom is -0.298 e. The molecule has 20 heavy (non-hydrogen) atoms. The maximum absolute atomic E-state index is 2.85. The molecule has 0 radical (unpaired) electrons. The molecule has 0 saturated carbocycles. The van der Waals surface area contributed by atoms with E-state index in [1.807, 2.05) is 0 Å². The van der Waals surface area contributed by atoms with Crippen molar-refractivity contribution in [2.24, 2.45) is 23.7 Å². The second-order valence-electron chi connectivity index (χ2n) is 8.21. The summed E-state index contributed by atoms with van der Waals surface area (Å²) in [6.45, 7) is 19.7. The summed E-state index contributed by atoms with van der Waals surface area (Å²) < 4.78 is 0. The van der Waals surface area contributed by atoms with Gasteiger partial charge in [0.2, 0.25) is 0 Å². The van der Waals surface area contributed by atoms with Gasteiger partial charge >= 0.3 is 0 Å². The predicted molar refractivity (Wildman–Crippen MR) is 88.0 cm³/mol. The number of nitrogens with zero attached hydrogens (tertiary/aromatic N) is 2. The second kappa shape index (κ2) is 6.79. The third kappa shape index (κ3) is 3.57. The van der Waals surface area contributed by atoms with Gasteiger partial charge in [-0.05, 0) is 43.1 Å². The molecule has 0 amide bonds. The van der Waals surface area contributed by atoms with Gasteiger partial charge in [0.05, 0.1) is 0 Å². The topological polar surface area (TPSA) is 6.48 Å². The lowest BCUT2D eigenvalue weighted by atomic mass is 9.84. The Balaban J connectivity index is 2.06. The van der Waals surface area contributed by atoms with Crippen LogP contribution in [0.25, 0.3) is 0 Å². The van der Waals surface area contributed by atoms with Crippen LogP contribution in [0.5, 0.6) is 0 Å². The smallest absolute Gasteiger partial charge is 0.0247 e. The van der Waals surface area contributed by atoms with E-state index in [2.05, 4.69) is 51.3 Å². The largest absolute Gasteiger partial charge is 0.298 e. The number of hydrogen-bond acceptors (Lipinski definition) is 2. The van der Waals surface area contributed by atoms with Crippen LogP contribution in [-0.2, 0) is 0 Å². The fourth-order valence-corrected chi connectivity index (χ4v) is 4.41. The first-order valence-electron chi connectivity index (χ1n) is 8.88. The maximum Gasteiger partial charge on any atom is 0.0247 e. The zero-order valence-corrected chi connectivity index (χ0v) is 14.6. The molecule has 118 valence electrons. The van der Waals surface area contributed by atoms with Gasteiger partial charge in [0, 0.05) is 31.7 Å². The van der Waals surface area contributed by atoms with Gasteiger partial charge in [-0.3, -0.25) is 9.80 Å². The number of fused-ring (bicyclic) bond motifs is 1. The highest BCUT2D eigenvalue weighted by Gasteiger charge is 2.38. The summed E-state index contributed by atoms with van der Waals surface area (Å²) in [5, 5.41) is 0. The van der Waals surface area contributed by atoms with Crippen molar-refractivity contribution in [2.75, 3.05) is 26.2 Å². The van der Waals surface area contributed by atoms with Gasteiger partial charge in [0.25, 0.3) is 0 Å². The van der Waals surface area contributed by atoms with E-state index in [4.69, 9.17) is 0 Å². The average molecular weight is 280 g/mol. The molecule has 0 aromatic carbocycles. The van der Waals surface area contributed by atoms with E-state index in [-0.39, 0.29) is 0 Å². The molecular formula is C18H36N2. The average Bonchev–Trinajstić information content (AvgIpc) is 2.80. The summed E-state index contributed by atoms with van der Waals surface area (Å²) in [6, 6.07) is 1.62. The molecular weight excluding hydrogens is 244 g/mol. The predicted octanol–water partition coefficient (Wildman–Crippen LogP) is 3.72. The molecule has 2 heterocycles. The Morgan fingerprint density at radius 2 is 1.60 bits per heavy atom. The molecule has 2 saturated heterocycles. The van der Waals surface area contributed by atoms with Crippen LogP contribution in [0.1, 0.15) is 54.4 Å². The summed E-state index contributed by atoms with van der Waals surface area (Å²) in [7, 11) is 0. The Morgan fingerprint density at radius 3 is 2.15 bits per heavy atom. The molecule has 0 aliphatic carbocycles. The van der Waals surface area contributed by atoms with E-state index in [9.17, 15) is 0 Å². The van der Waals surface area contributed by atoms with Gasteiger partial charge in [-0.1, -0.05) is 41.5 Å². The minimum atomic E-state index is 0.768. The molecule has 0 aromatic rings. The molecule has 2 rings (SSSR count). The number of hydrogen-bond donors (Lipinski definition) is 0. The molecule has 2 fully saturated rings. The van der Waals surface area contributed by atoms with Crippen molar-refractivity contribution >= 4 is 0 Å². The molecule has 0 aromatic heterocycles. The summed E-state index contributed by atoms with van der Waals surface area (Å²) in [6.07, 6.45) is 2.84. The van der Waals surface area contributed by atoms with E-state index >= 15 is 0 Å². The minimum absolute atomic E-state index is 0.768. The molecule has 0 bridgehead atoms. The Labute approximate surface area is 126 Å². The monoisotopic (exact) mass is 280 g/mol. The van der Waals surface area contributed by atoms with Gasteiger partial charge < -0.3 is 0 Å². The van der Waals surface area contributed by atoms with E-state index in [1.54, 1.807) is 0 Å². The normalized spacial score (nSPS) is 29.1. The Morgan fingerprint density at radius 1 is 0.950 bits per heavy atom. The van der Waals surface area contributed by atoms with Gasteiger partial charge in [-0.2, -0.15) is 0 Å². The van der Waals surface area contributed by atoms with E-state index in [1.165, 1.54) is 39.0 Å². The highest BCUT2D eigenvalue weighted by molar-refractivity contribution is 4.94. The van der Waals surface area contributed by atoms with Crippen molar-refractivity contribution in [1.82, 2.24) is 9.80 Å². The molecule has 0 spiro atoms. The highest BCUT2D eigenvalue weighted by atomic mass is 15.3. The Kier molecular flexibility index (Phi) is 5.53. The van der Waals surface area contributed by atoms with Gasteiger partial charge in [-0.25, -0.2) is 0 Å². The van der Waals surface area contributed by atoms with Crippen molar-refractivity contribution in [3.8, 4) is 0 Å². The number of piperazine rings is 1. The molecule has 2 atom stereocenters. The molecule has 2 aliphatic rings. The summed E-state index contributed by atoms with van der Waals surface area (Å²) in [5.41, 5.74) is 0.